The topological polar surface area (TPSA) is 98.1 Å². The highest BCUT2D eigenvalue weighted by atomic mass is 16.5. The van der Waals surface area contributed by atoms with Gasteiger partial charge < -0.3 is 15.4 Å². The molecule has 1 aromatic heterocycles. The number of hydrogen-bond donors (Lipinski definition) is 2. The van der Waals surface area contributed by atoms with E-state index in [2.05, 4.69) is 20.7 Å². The molecule has 8 nitrogen and oxygen atoms in total. The van der Waals surface area contributed by atoms with Crippen LogP contribution >= 0.6 is 0 Å². The summed E-state index contributed by atoms with van der Waals surface area (Å²) >= 11 is 0. The van der Waals surface area contributed by atoms with Crippen LogP contribution in [0.4, 0.5) is 5.69 Å². The van der Waals surface area contributed by atoms with E-state index in [0.717, 1.165) is 22.4 Å². The lowest BCUT2D eigenvalue weighted by Gasteiger charge is -2.17. The van der Waals surface area contributed by atoms with Crippen LogP contribution in [0, 0.1) is 0 Å². The summed E-state index contributed by atoms with van der Waals surface area (Å²) in [5.41, 5.74) is 3.95. The average Bonchev–Trinajstić information content (AvgIpc) is 3.25. The number of benzene rings is 2. The fourth-order valence-electron chi connectivity index (χ4n) is 3.11. The van der Waals surface area contributed by atoms with Crippen molar-refractivity contribution >= 4 is 17.5 Å². The third kappa shape index (κ3) is 4.98. The third-order valence-electron chi connectivity index (χ3n) is 4.67. The van der Waals surface area contributed by atoms with Crippen molar-refractivity contribution in [3.8, 4) is 5.75 Å². The van der Waals surface area contributed by atoms with Crippen LogP contribution in [0.25, 0.3) is 0 Å². The summed E-state index contributed by atoms with van der Waals surface area (Å²) in [4.78, 5) is 27.4. The lowest BCUT2D eigenvalue weighted by molar-refractivity contribution is -0.123. The Bertz CT molecular complexity index is 1000. The molecule has 0 aliphatic carbocycles. The quantitative estimate of drug-likeness (QED) is 0.641. The van der Waals surface area contributed by atoms with Crippen molar-refractivity contribution in [3.63, 3.8) is 0 Å². The number of carbonyl (C=O) groups excluding carboxylic acids is 2. The number of nitrogens with one attached hydrogen (secondary N) is 2. The number of rotatable bonds is 7. The van der Waals surface area contributed by atoms with Crippen LogP contribution in [0.2, 0.25) is 0 Å². The second-order valence-electron chi connectivity index (χ2n) is 6.84. The predicted molar refractivity (Wildman–Crippen MR) is 106 cm³/mol. The van der Waals surface area contributed by atoms with Gasteiger partial charge in [0.15, 0.2) is 6.61 Å². The number of aryl methyl sites for hydroxylation is 1. The van der Waals surface area contributed by atoms with Gasteiger partial charge in [-0.15, -0.1) is 0 Å². The van der Waals surface area contributed by atoms with Gasteiger partial charge in [-0.1, -0.05) is 24.3 Å². The maximum atomic E-state index is 12.1. The molecule has 2 aromatic carbocycles. The molecule has 0 spiro atoms. The van der Waals surface area contributed by atoms with Gasteiger partial charge in [-0.3, -0.25) is 9.59 Å². The Kier molecular flexibility index (Phi) is 5.51. The molecule has 0 saturated carbocycles. The summed E-state index contributed by atoms with van der Waals surface area (Å²) in [5, 5.41) is 9.76. The van der Waals surface area contributed by atoms with E-state index in [-0.39, 0.29) is 18.4 Å². The first-order valence-electron chi connectivity index (χ1n) is 9.38. The zero-order chi connectivity index (χ0) is 20.1. The minimum atomic E-state index is -0.192. The molecule has 2 N–H and O–H groups in total. The largest absolute Gasteiger partial charge is 0.484 e. The van der Waals surface area contributed by atoms with Gasteiger partial charge in [0.2, 0.25) is 5.91 Å². The summed E-state index contributed by atoms with van der Waals surface area (Å²) in [6.07, 6.45) is 4.33. The highest BCUT2D eigenvalue weighted by Crippen LogP contribution is 2.26. The number of aromatic nitrogens is 3. The van der Waals surface area contributed by atoms with E-state index in [1.165, 1.54) is 6.33 Å². The SMILES string of the molecule is O=C(COc1ccc2c(c1)CCC(=O)N2)NCc1ccc(Cn2cncn2)cc1. The van der Waals surface area contributed by atoms with Crippen LogP contribution in [0.5, 0.6) is 5.75 Å². The minimum Gasteiger partial charge on any atom is -0.484 e. The van der Waals surface area contributed by atoms with Gasteiger partial charge in [-0.25, -0.2) is 9.67 Å². The van der Waals surface area contributed by atoms with Crippen molar-refractivity contribution in [1.82, 2.24) is 20.1 Å². The number of anilines is 1. The van der Waals surface area contributed by atoms with Crippen LogP contribution in [0.15, 0.2) is 55.1 Å². The molecule has 4 rings (SSSR count). The average molecular weight is 391 g/mol. The smallest absolute Gasteiger partial charge is 0.258 e. The lowest BCUT2D eigenvalue weighted by Crippen LogP contribution is -2.28. The van der Waals surface area contributed by atoms with Crippen LogP contribution in [-0.2, 0) is 29.1 Å². The standard InChI is InChI=1S/C21H21N5O3/c27-20-8-5-17-9-18(6-7-19(17)25-20)29-12-21(28)23-10-15-1-3-16(4-2-15)11-26-14-22-13-24-26/h1-4,6-7,9,13-14H,5,8,10-12H2,(H,23,28)(H,25,27). The van der Waals surface area contributed by atoms with Crippen molar-refractivity contribution in [2.45, 2.75) is 25.9 Å². The first kappa shape index (κ1) is 18.7. The van der Waals surface area contributed by atoms with Gasteiger partial charge >= 0.3 is 0 Å². The Morgan fingerprint density at radius 2 is 1.97 bits per heavy atom. The van der Waals surface area contributed by atoms with Crippen molar-refractivity contribution in [1.29, 1.82) is 0 Å². The van der Waals surface area contributed by atoms with Crippen LogP contribution < -0.4 is 15.4 Å². The molecule has 0 atom stereocenters. The molecule has 1 aliphatic heterocycles. The first-order valence-corrected chi connectivity index (χ1v) is 9.38. The molecule has 0 bridgehead atoms. The second kappa shape index (κ2) is 8.55. The monoisotopic (exact) mass is 391 g/mol. The maximum Gasteiger partial charge on any atom is 0.258 e. The van der Waals surface area contributed by atoms with E-state index < -0.39 is 0 Å². The lowest BCUT2D eigenvalue weighted by atomic mass is 10.0. The number of hydrogen-bond acceptors (Lipinski definition) is 5. The Balaban J connectivity index is 1.23. The van der Waals surface area contributed by atoms with Crippen molar-refractivity contribution in [3.05, 3.63) is 71.8 Å². The normalized spacial score (nSPS) is 12.8. The molecule has 2 heterocycles. The Morgan fingerprint density at radius 3 is 2.76 bits per heavy atom. The molecule has 148 valence electrons. The highest BCUT2D eigenvalue weighted by molar-refractivity contribution is 5.94. The fourth-order valence-corrected chi connectivity index (χ4v) is 3.11. The molecular formula is C21H21N5O3. The molecule has 2 amide bonds. The summed E-state index contributed by atoms with van der Waals surface area (Å²) < 4.78 is 7.34. The van der Waals surface area contributed by atoms with Crippen LogP contribution in [0.1, 0.15) is 23.1 Å². The summed E-state index contributed by atoms with van der Waals surface area (Å²) in [6, 6.07) is 13.4. The van der Waals surface area contributed by atoms with E-state index in [9.17, 15) is 9.59 Å². The molecule has 8 heteroatoms. The molecule has 3 aromatic rings. The number of amides is 2. The predicted octanol–water partition coefficient (Wildman–Crippen LogP) is 1.91. The Morgan fingerprint density at radius 1 is 1.14 bits per heavy atom. The summed E-state index contributed by atoms with van der Waals surface area (Å²) in [6.45, 7) is 1.03. The zero-order valence-corrected chi connectivity index (χ0v) is 15.8. The molecule has 29 heavy (non-hydrogen) atoms. The molecule has 1 aliphatic rings. The van der Waals surface area contributed by atoms with Gasteiger partial charge in [-0.2, -0.15) is 5.10 Å². The second-order valence-corrected chi connectivity index (χ2v) is 6.84. The third-order valence-corrected chi connectivity index (χ3v) is 4.67. The Labute approximate surface area is 167 Å². The number of nitrogens with zero attached hydrogens (tertiary/aromatic N) is 3. The van der Waals surface area contributed by atoms with E-state index >= 15 is 0 Å². The van der Waals surface area contributed by atoms with Gasteiger partial charge in [0.25, 0.3) is 5.91 Å². The molecule has 0 unspecified atom stereocenters. The minimum absolute atomic E-state index is 0.0250. The molecule has 0 saturated heterocycles. The summed E-state index contributed by atoms with van der Waals surface area (Å²) in [5.74, 6) is 0.451. The molecule has 0 fully saturated rings. The molecular weight excluding hydrogens is 370 g/mol. The number of ether oxygens (including phenoxy) is 1. The first-order chi connectivity index (χ1) is 14.2. The van der Waals surface area contributed by atoms with Crippen LogP contribution in [-0.4, -0.2) is 33.2 Å². The number of carbonyl (C=O) groups is 2. The summed E-state index contributed by atoms with van der Waals surface area (Å²) in [7, 11) is 0. The Hall–Kier alpha value is -3.68. The van der Waals surface area contributed by atoms with E-state index in [4.69, 9.17) is 4.74 Å². The van der Waals surface area contributed by atoms with E-state index in [1.807, 2.05) is 30.3 Å². The number of fused-ring (bicyclic) bond motifs is 1. The van der Waals surface area contributed by atoms with Gasteiger partial charge in [-0.05, 0) is 41.3 Å². The van der Waals surface area contributed by atoms with Gasteiger partial charge in [0.05, 0.1) is 6.54 Å². The van der Waals surface area contributed by atoms with Crippen molar-refractivity contribution in [2.24, 2.45) is 0 Å². The van der Waals surface area contributed by atoms with Crippen LogP contribution in [0.3, 0.4) is 0 Å². The van der Waals surface area contributed by atoms with Crippen molar-refractivity contribution in [2.75, 3.05) is 11.9 Å². The maximum absolute atomic E-state index is 12.1. The van der Waals surface area contributed by atoms with Gasteiger partial charge in [0, 0.05) is 18.7 Å². The zero-order valence-electron chi connectivity index (χ0n) is 15.8. The van der Waals surface area contributed by atoms with Gasteiger partial charge in [0.1, 0.15) is 18.4 Å². The fraction of sp³-hybridized carbons (Fsp3) is 0.238. The van der Waals surface area contributed by atoms with E-state index in [0.29, 0.717) is 31.7 Å². The van der Waals surface area contributed by atoms with E-state index in [1.54, 1.807) is 23.1 Å². The highest BCUT2D eigenvalue weighted by Gasteiger charge is 2.15. The molecule has 0 radical (unpaired) electrons. The van der Waals surface area contributed by atoms with Crippen molar-refractivity contribution < 1.29 is 14.3 Å².